The second-order valence-electron chi connectivity index (χ2n) is 5.23. The first-order chi connectivity index (χ1) is 11.0. The van der Waals surface area contributed by atoms with Gasteiger partial charge in [-0.1, -0.05) is 26.2 Å². The largest absolute Gasteiger partial charge is 0.506 e. The molecule has 0 bridgehead atoms. The first kappa shape index (κ1) is 17.4. The molecule has 124 valence electrons. The molecular weight excluding hydrogens is 315 g/mol. The average Bonchev–Trinajstić information content (AvgIpc) is 2.53. The molecule has 23 heavy (non-hydrogen) atoms. The molecule has 7 heteroatoms. The number of hydrogen-bond acceptors (Lipinski definition) is 5. The van der Waals surface area contributed by atoms with Crippen molar-refractivity contribution in [2.24, 2.45) is 0 Å². The van der Waals surface area contributed by atoms with Crippen LogP contribution >= 0.6 is 7.60 Å². The summed E-state index contributed by atoms with van der Waals surface area (Å²) in [5, 5.41) is 9.90. The summed E-state index contributed by atoms with van der Waals surface area (Å²) in [5.41, 5.74) is 0.461. The predicted octanol–water partition coefficient (Wildman–Crippen LogP) is 3.99. The minimum atomic E-state index is -3.77. The van der Waals surface area contributed by atoms with Crippen LogP contribution in [0.25, 0.3) is 11.4 Å². The molecule has 2 N–H and O–H groups in total. The summed E-state index contributed by atoms with van der Waals surface area (Å²) in [7, 11) is -3.77. The summed E-state index contributed by atoms with van der Waals surface area (Å²) in [4.78, 5) is 18.2. The minimum Gasteiger partial charge on any atom is -0.506 e. The van der Waals surface area contributed by atoms with Crippen LogP contribution in [-0.4, -0.2) is 26.1 Å². The Labute approximate surface area is 135 Å². The number of aromatic hydroxyl groups is 1. The van der Waals surface area contributed by atoms with E-state index in [-0.39, 0.29) is 29.0 Å². The van der Waals surface area contributed by atoms with Gasteiger partial charge < -0.3 is 14.5 Å². The van der Waals surface area contributed by atoms with E-state index in [4.69, 9.17) is 4.52 Å². The Bertz CT molecular complexity index is 693. The summed E-state index contributed by atoms with van der Waals surface area (Å²) in [6, 6.07) is 6.22. The molecule has 0 radical (unpaired) electrons. The van der Waals surface area contributed by atoms with Gasteiger partial charge in [-0.2, -0.15) is 0 Å². The second kappa shape index (κ2) is 8.09. The van der Waals surface area contributed by atoms with E-state index in [2.05, 4.69) is 16.9 Å². The Balaban J connectivity index is 2.18. The van der Waals surface area contributed by atoms with Crippen LogP contribution in [0.4, 0.5) is 0 Å². The maximum absolute atomic E-state index is 12.2. The molecule has 0 aliphatic heterocycles. The highest BCUT2D eigenvalue weighted by molar-refractivity contribution is 7.53. The van der Waals surface area contributed by atoms with E-state index in [1.807, 2.05) is 0 Å². The van der Waals surface area contributed by atoms with Gasteiger partial charge in [0.15, 0.2) is 5.75 Å². The molecule has 0 spiro atoms. The number of hydrogen-bond donors (Lipinski definition) is 2. The van der Waals surface area contributed by atoms with Gasteiger partial charge in [0.1, 0.15) is 17.1 Å². The molecule has 0 aliphatic carbocycles. The molecule has 2 aromatic rings. The fourth-order valence-corrected chi connectivity index (χ4v) is 3.33. The SMILES string of the molecule is CCCCCCP(=O)(O)Oc1cccnc1-c1ncccc1O. The lowest BCUT2D eigenvalue weighted by molar-refractivity contribution is 0.377. The number of rotatable bonds is 8. The predicted molar refractivity (Wildman–Crippen MR) is 88.6 cm³/mol. The Hall–Kier alpha value is -1.91. The maximum Gasteiger partial charge on any atom is 0.376 e. The monoisotopic (exact) mass is 336 g/mol. The van der Waals surface area contributed by atoms with E-state index in [0.717, 1.165) is 19.3 Å². The van der Waals surface area contributed by atoms with Crippen molar-refractivity contribution in [2.75, 3.05) is 6.16 Å². The van der Waals surface area contributed by atoms with E-state index in [1.54, 1.807) is 18.2 Å². The van der Waals surface area contributed by atoms with Crippen molar-refractivity contribution in [1.29, 1.82) is 0 Å². The van der Waals surface area contributed by atoms with Crippen LogP contribution in [0.1, 0.15) is 32.6 Å². The van der Waals surface area contributed by atoms with Crippen LogP contribution in [0.5, 0.6) is 11.5 Å². The molecule has 6 nitrogen and oxygen atoms in total. The zero-order chi connectivity index (χ0) is 16.7. The summed E-state index contributed by atoms with van der Waals surface area (Å²) < 4.78 is 17.6. The molecular formula is C16H21N2O4P. The van der Waals surface area contributed by atoms with Gasteiger partial charge >= 0.3 is 7.60 Å². The third-order valence-electron chi connectivity index (χ3n) is 3.32. The lowest BCUT2D eigenvalue weighted by atomic mass is 10.2. The van der Waals surface area contributed by atoms with Crippen LogP contribution in [0.15, 0.2) is 36.7 Å². The summed E-state index contributed by atoms with van der Waals surface area (Å²) in [6.07, 6.45) is 6.73. The Morgan fingerprint density at radius 3 is 2.48 bits per heavy atom. The van der Waals surface area contributed by atoms with Crippen molar-refractivity contribution in [3.63, 3.8) is 0 Å². The van der Waals surface area contributed by atoms with Crippen molar-refractivity contribution in [3.05, 3.63) is 36.7 Å². The summed E-state index contributed by atoms with van der Waals surface area (Å²) in [6.45, 7) is 2.08. The second-order valence-corrected chi connectivity index (χ2v) is 7.14. The standard InChI is InChI=1S/C16H21N2O4P/c1-2-3-4-5-12-23(20,21)22-14-9-7-11-18-16(14)15-13(19)8-6-10-17-15/h6-11,19H,2-5,12H2,1H3,(H,20,21). The number of nitrogens with zero attached hydrogens (tertiary/aromatic N) is 2. The minimum absolute atomic E-state index is 0.0632. The highest BCUT2D eigenvalue weighted by atomic mass is 31.2. The molecule has 2 aromatic heterocycles. The van der Waals surface area contributed by atoms with Crippen molar-refractivity contribution in [3.8, 4) is 22.9 Å². The van der Waals surface area contributed by atoms with Crippen LogP contribution in [0.2, 0.25) is 0 Å². The first-order valence-corrected chi connectivity index (χ1v) is 9.40. The molecule has 0 fully saturated rings. The first-order valence-electron chi connectivity index (χ1n) is 7.64. The van der Waals surface area contributed by atoms with Gasteiger partial charge in [-0.15, -0.1) is 0 Å². The van der Waals surface area contributed by atoms with Crippen molar-refractivity contribution in [2.45, 2.75) is 32.6 Å². The van der Waals surface area contributed by atoms with Gasteiger partial charge in [0.25, 0.3) is 0 Å². The summed E-state index contributed by atoms with van der Waals surface area (Å²) >= 11 is 0. The van der Waals surface area contributed by atoms with Gasteiger partial charge in [0.2, 0.25) is 0 Å². The van der Waals surface area contributed by atoms with Crippen molar-refractivity contribution < 1.29 is 19.1 Å². The van der Waals surface area contributed by atoms with E-state index in [9.17, 15) is 14.6 Å². The van der Waals surface area contributed by atoms with Gasteiger partial charge in [-0.25, -0.2) is 4.57 Å². The maximum atomic E-state index is 12.2. The van der Waals surface area contributed by atoms with E-state index in [1.165, 1.54) is 18.5 Å². The molecule has 0 saturated heterocycles. The highest BCUT2D eigenvalue weighted by Crippen LogP contribution is 2.46. The molecule has 0 saturated carbocycles. The fourth-order valence-electron chi connectivity index (χ4n) is 2.16. The Morgan fingerprint density at radius 2 is 1.78 bits per heavy atom. The third kappa shape index (κ3) is 5.05. The van der Waals surface area contributed by atoms with E-state index >= 15 is 0 Å². The zero-order valence-corrected chi connectivity index (χ0v) is 13.9. The highest BCUT2D eigenvalue weighted by Gasteiger charge is 2.23. The van der Waals surface area contributed by atoms with Crippen LogP contribution in [0, 0.1) is 0 Å². The van der Waals surface area contributed by atoms with Crippen molar-refractivity contribution >= 4 is 7.60 Å². The quantitative estimate of drug-likeness (QED) is 0.559. The topological polar surface area (TPSA) is 92.5 Å². The van der Waals surface area contributed by atoms with Gasteiger partial charge in [0, 0.05) is 12.4 Å². The Morgan fingerprint density at radius 1 is 1.09 bits per heavy atom. The van der Waals surface area contributed by atoms with Crippen molar-refractivity contribution in [1.82, 2.24) is 9.97 Å². The number of aromatic nitrogens is 2. The third-order valence-corrected chi connectivity index (χ3v) is 4.68. The van der Waals surface area contributed by atoms with Gasteiger partial charge in [-0.05, 0) is 30.7 Å². The number of pyridine rings is 2. The lowest BCUT2D eigenvalue weighted by Gasteiger charge is -2.15. The molecule has 0 aromatic carbocycles. The number of unbranched alkanes of at least 4 members (excludes halogenated alkanes) is 3. The van der Waals surface area contributed by atoms with E-state index in [0.29, 0.717) is 6.42 Å². The van der Waals surface area contributed by atoms with Crippen LogP contribution in [-0.2, 0) is 4.57 Å². The molecule has 0 amide bonds. The molecule has 2 heterocycles. The smallest absolute Gasteiger partial charge is 0.376 e. The average molecular weight is 336 g/mol. The molecule has 1 unspecified atom stereocenters. The Kier molecular flexibility index (Phi) is 6.13. The summed E-state index contributed by atoms with van der Waals surface area (Å²) in [5.74, 6) is 0.0783. The zero-order valence-electron chi connectivity index (χ0n) is 13.1. The van der Waals surface area contributed by atoms with Crippen LogP contribution < -0.4 is 4.52 Å². The molecule has 2 rings (SSSR count). The van der Waals surface area contributed by atoms with Gasteiger partial charge in [-0.3, -0.25) is 9.97 Å². The van der Waals surface area contributed by atoms with Crippen LogP contribution in [0.3, 0.4) is 0 Å². The van der Waals surface area contributed by atoms with Gasteiger partial charge in [0.05, 0.1) is 6.16 Å². The lowest BCUT2D eigenvalue weighted by Crippen LogP contribution is -2.00. The fraction of sp³-hybridized carbons (Fsp3) is 0.375. The normalized spacial score (nSPS) is 13.5. The molecule has 1 atom stereocenters. The molecule has 0 aliphatic rings. The van der Waals surface area contributed by atoms with E-state index < -0.39 is 7.60 Å².